The van der Waals surface area contributed by atoms with Gasteiger partial charge in [-0.2, -0.15) is 0 Å². The molecule has 2 aromatic heterocycles. The number of hydrogen-bond acceptors (Lipinski definition) is 2. The molecule has 2 heterocycles. The zero-order valence-electron chi connectivity index (χ0n) is 18.8. The van der Waals surface area contributed by atoms with Gasteiger partial charge in [-0.25, -0.2) is 4.98 Å². The van der Waals surface area contributed by atoms with Crippen molar-refractivity contribution in [1.82, 2.24) is 9.97 Å². The highest BCUT2D eigenvalue weighted by Gasteiger charge is 2.45. The van der Waals surface area contributed by atoms with Crippen molar-refractivity contribution < 1.29 is 0 Å². The molecule has 0 N–H and O–H groups in total. The molecular formula is C30H25BrN2P+. The Hall–Kier alpha value is -3.13. The van der Waals surface area contributed by atoms with Crippen LogP contribution in [0.5, 0.6) is 0 Å². The molecular weight excluding hydrogens is 499 g/mol. The van der Waals surface area contributed by atoms with Crippen LogP contribution in [0.1, 0.15) is 11.4 Å². The fourth-order valence-corrected chi connectivity index (χ4v) is 8.88. The summed E-state index contributed by atoms with van der Waals surface area (Å²) >= 11 is 3.52. The first-order chi connectivity index (χ1) is 16.8. The number of alkyl halides is 1. The van der Waals surface area contributed by atoms with Crippen molar-refractivity contribution in [3.05, 3.63) is 139 Å². The summed E-state index contributed by atoms with van der Waals surface area (Å²) in [4.78, 5) is 9.90. The van der Waals surface area contributed by atoms with Crippen molar-refractivity contribution in [2.24, 2.45) is 0 Å². The molecule has 0 saturated heterocycles. The summed E-state index contributed by atoms with van der Waals surface area (Å²) in [7, 11) is -1.99. The van der Waals surface area contributed by atoms with Gasteiger partial charge in [0, 0.05) is 5.33 Å². The zero-order chi connectivity index (χ0) is 23.2. The summed E-state index contributed by atoms with van der Waals surface area (Å²) in [6, 6.07) is 45.2. The molecule has 2 nitrogen and oxygen atoms in total. The third-order valence-corrected chi connectivity index (χ3v) is 10.9. The highest BCUT2D eigenvalue weighted by Crippen LogP contribution is 2.57. The summed E-state index contributed by atoms with van der Waals surface area (Å²) in [5.41, 5.74) is 3.90. The fraction of sp³-hybridized carbons (Fsp3) is 0.0667. The predicted octanol–water partition coefficient (Wildman–Crippen LogP) is 6.53. The van der Waals surface area contributed by atoms with Gasteiger partial charge in [-0.1, -0.05) is 82.7 Å². The van der Waals surface area contributed by atoms with E-state index in [1.807, 2.05) is 18.2 Å². The van der Waals surface area contributed by atoms with E-state index in [4.69, 9.17) is 9.97 Å². The summed E-state index contributed by atoms with van der Waals surface area (Å²) in [6.45, 7) is 0. The van der Waals surface area contributed by atoms with Crippen molar-refractivity contribution >= 4 is 39.1 Å². The van der Waals surface area contributed by atoms with Gasteiger partial charge in [0.25, 0.3) is 0 Å². The minimum atomic E-state index is -1.99. The minimum absolute atomic E-state index is 0.727. The van der Waals surface area contributed by atoms with E-state index in [0.29, 0.717) is 0 Å². The third kappa shape index (κ3) is 4.59. The van der Waals surface area contributed by atoms with Crippen molar-refractivity contribution in [2.75, 3.05) is 0 Å². The maximum absolute atomic E-state index is 5.13. The molecule has 0 bridgehead atoms. The molecule has 0 aliphatic heterocycles. The van der Waals surface area contributed by atoms with Gasteiger partial charge in [-0.05, 0) is 60.7 Å². The van der Waals surface area contributed by atoms with Crippen molar-refractivity contribution in [3.8, 4) is 11.4 Å². The lowest BCUT2D eigenvalue weighted by molar-refractivity contribution is 1.13. The first-order valence-electron chi connectivity index (χ1n) is 11.3. The molecule has 0 fully saturated rings. The lowest BCUT2D eigenvalue weighted by Crippen LogP contribution is -2.32. The monoisotopic (exact) mass is 523 g/mol. The molecule has 0 saturated carbocycles. The van der Waals surface area contributed by atoms with E-state index in [-0.39, 0.29) is 0 Å². The van der Waals surface area contributed by atoms with Crippen molar-refractivity contribution in [3.63, 3.8) is 0 Å². The highest BCUT2D eigenvalue weighted by atomic mass is 79.9. The van der Waals surface area contributed by atoms with E-state index in [9.17, 15) is 0 Å². The first kappa shape index (κ1) is 22.7. The van der Waals surface area contributed by atoms with Crippen LogP contribution in [0, 0.1) is 0 Å². The van der Waals surface area contributed by atoms with Gasteiger partial charge in [0.15, 0.2) is 0 Å². The molecule has 34 heavy (non-hydrogen) atoms. The van der Waals surface area contributed by atoms with Gasteiger partial charge in [-0.3, -0.25) is 4.98 Å². The second kappa shape index (κ2) is 10.4. The minimum Gasteiger partial charge on any atom is -0.250 e. The molecule has 3 aromatic carbocycles. The third-order valence-electron chi connectivity index (χ3n) is 6.00. The van der Waals surface area contributed by atoms with Crippen LogP contribution >= 0.6 is 23.2 Å². The molecule has 0 unspecified atom stereocenters. The molecule has 0 aliphatic carbocycles. The van der Waals surface area contributed by atoms with E-state index >= 15 is 0 Å². The molecule has 0 atom stereocenters. The molecule has 0 amide bonds. The van der Waals surface area contributed by atoms with Crippen LogP contribution in [0.3, 0.4) is 0 Å². The van der Waals surface area contributed by atoms with Gasteiger partial charge in [0.05, 0.1) is 22.8 Å². The number of aromatic nitrogens is 2. The van der Waals surface area contributed by atoms with Crippen LogP contribution in [0.4, 0.5) is 0 Å². The summed E-state index contributed by atoms with van der Waals surface area (Å²) in [6.07, 6.45) is 0.844. The number of rotatable bonds is 7. The van der Waals surface area contributed by atoms with Crippen molar-refractivity contribution in [2.45, 2.75) is 11.5 Å². The van der Waals surface area contributed by atoms with E-state index in [1.54, 1.807) is 0 Å². The summed E-state index contributed by atoms with van der Waals surface area (Å²) in [5, 5.41) is 4.81. The van der Waals surface area contributed by atoms with Crippen molar-refractivity contribution in [1.29, 1.82) is 0 Å². The average Bonchev–Trinajstić information content (AvgIpc) is 2.93. The van der Waals surface area contributed by atoms with E-state index in [2.05, 4.69) is 125 Å². The Morgan fingerprint density at radius 3 is 1.32 bits per heavy atom. The van der Waals surface area contributed by atoms with Crippen LogP contribution in [0.15, 0.2) is 127 Å². The lowest BCUT2D eigenvalue weighted by Gasteiger charge is -2.27. The number of pyridine rings is 2. The van der Waals surface area contributed by atoms with Gasteiger partial charge in [0.2, 0.25) is 0 Å². The second-order valence-electron chi connectivity index (χ2n) is 8.14. The van der Waals surface area contributed by atoms with E-state index in [1.165, 1.54) is 15.9 Å². The molecule has 0 spiro atoms. The van der Waals surface area contributed by atoms with Crippen LogP contribution in [0.2, 0.25) is 0 Å². The highest BCUT2D eigenvalue weighted by molar-refractivity contribution is 9.08. The lowest BCUT2D eigenvalue weighted by atomic mass is 10.2. The predicted molar refractivity (Wildman–Crippen MR) is 149 cm³/mol. The normalized spacial score (nSPS) is 11.3. The fourth-order valence-electron chi connectivity index (χ4n) is 4.42. The smallest absolute Gasteiger partial charge is 0.118 e. The Morgan fingerprint density at radius 1 is 0.471 bits per heavy atom. The zero-order valence-corrected chi connectivity index (χ0v) is 21.2. The maximum atomic E-state index is 5.13. The molecule has 5 rings (SSSR count). The topological polar surface area (TPSA) is 25.8 Å². The maximum Gasteiger partial charge on any atom is 0.118 e. The molecule has 0 radical (unpaired) electrons. The number of benzene rings is 3. The Balaban J connectivity index is 1.68. The number of halogens is 1. The van der Waals surface area contributed by atoms with E-state index in [0.717, 1.165) is 34.3 Å². The van der Waals surface area contributed by atoms with Crippen LogP contribution in [-0.2, 0) is 11.5 Å². The Kier molecular flexibility index (Phi) is 6.94. The molecule has 0 aliphatic rings. The molecule has 166 valence electrons. The first-order valence-corrected chi connectivity index (χ1v) is 14.4. The van der Waals surface area contributed by atoms with Gasteiger partial charge >= 0.3 is 0 Å². The standard InChI is InChI=1S/C30H25BrN2P/c31-22-24-12-10-20-29(32-24)30-21-11-13-25(33-30)23-34(26-14-4-1-5-15-26,27-16-6-2-7-17-27)28-18-8-3-9-19-28/h1-21H,22-23H2/q+1. The van der Waals surface area contributed by atoms with Crippen LogP contribution in [0.25, 0.3) is 11.4 Å². The quantitative estimate of drug-likeness (QED) is 0.179. The average molecular weight is 524 g/mol. The molecule has 5 aromatic rings. The number of nitrogens with zero attached hydrogens (tertiary/aromatic N) is 2. The summed E-state index contributed by atoms with van der Waals surface area (Å²) < 4.78 is 0. The van der Waals surface area contributed by atoms with Gasteiger partial charge < -0.3 is 0 Å². The van der Waals surface area contributed by atoms with Crippen LogP contribution < -0.4 is 15.9 Å². The van der Waals surface area contributed by atoms with E-state index < -0.39 is 7.26 Å². The Bertz CT molecular complexity index is 1260. The Labute approximate surface area is 210 Å². The van der Waals surface area contributed by atoms with Gasteiger partial charge in [-0.15, -0.1) is 0 Å². The Morgan fingerprint density at radius 2 is 0.882 bits per heavy atom. The number of hydrogen-bond donors (Lipinski definition) is 0. The SMILES string of the molecule is BrCc1cccc(-c2cccc(C[P+](c3ccccc3)(c3ccccc3)c3ccccc3)n2)n1. The second-order valence-corrected chi connectivity index (χ2v) is 12.2. The summed E-state index contributed by atoms with van der Waals surface area (Å²) in [5.74, 6) is 0. The van der Waals surface area contributed by atoms with Crippen LogP contribution in [-0.4, -0.2) is 9.97 Å². The largest absolute Gasteiger partial charge is 0.250 e. The molecule has 4 heteroatoms. The van der Waals surface area contributed by atoms with Gasteiger partial charge in [0.1, 0.15) is 29.3 Å².